The van der Waals surface area contributed by atoms with Crippen LogP contribution in [-0.2, 0) is 61.9 Å². The van der Waals surface area contributed by atoms with Crippen LogP contribution in [0.25, 0.3) is 22.3 Å². The van der Waals surface area contributed by atoms with E-state index >= 15 is 0 Å². The van der Waals surface area contributed by atoms with E-state index in [-0.39, 0.29) is 30.7 Å². The van der Waals surface area contributed by atoms with Crippen LogP contribution in [0.15, 0.2) is 34.1 Å². The molecule has 1 aromatic carbocycles. The van der Waals surface area contributed by atoms with Crippen LogP contribution in [0.3, 0.4) is 0 Å². The first-order valence-corrected chi connectivity index (χ1v) is 20.2. The lowest BCUT2D eigenvalue weighted by molar-refractivity contribution is -0.175. The normalized spacial score (nSPS) is 17.3. The summed E-state index contributed by atoms with van der Waals surface area (Å²) in [4.78, 5) is 77.2. The van der Waals surface area contributed by atoms with Crippen LogP contribution in [-0.4, -0.2) is 91.9 Å². The number of nitrogens with one attached hydrogen (secondary N) is 1. The van der Waals surface area contributed by atoms with E-state index in [1.165, 1.54) is 0 Å². The van der Waals surface area contributed by atoms with Gasteiger partial charge in [0.15, 0.2) is 9.84 Å². The SMILES string of the molecule is CCCCCN1C=Nc2cccc3nc4c(c1c23)Cn1c-4cc2c(c1=O)COC(=O)[C@@]2(CC)OC(=O)OCCS(=O)(=O)C[C@H](NC(=O)OC(C)(C)C)C(=O)OC. The molecule has 0 unspecified atom stereocenters. The number of aromatic nitrogens is 2. The van der Waals surface area contributed by atoms with Crippen molar-refractivity contribution in [3.63, 3.8) is 0 Å². The van der Waals surface area contributed by atoms with Crippen LogP contribution in [0.1, 0.15) is 77.0 Å². The first-order valence-electron chi connectivity index (χ1n) is 18.4. The van der Waals surface area contributed by atoms with Gasteiger partial charge in [0.2, 0.25) is 5.60 Å². The first-order chi connectivity index (χ1) is 26.5. The van der Waals surface area contributed by atoms with E-state index in [2.05, 4.69) is 26.9 Å². The second-order valence-electron chi connectivity index (χ2n) is 14.7. The number of alkyl carbamates (subject to hydrolysis) is 1. The lowest BCUT2D eigenvalue weighted by Gasteiger charge is -2.35. The molecule has 0 fully saturated rings. The average Bonchev–Trinajstić information content (AvgIpc) is 3.50. The lowest BCUT2D eigenvalue weighted by Crippen LogP contribution is -2.48. The summed E-state index contributed by atoms with van der Waals surface area (Å²) in [5, 5.41) is 3.06. The second kappa shape index (κ2) is 15.5. The number of fused-ring (bicyclic) bond motifs is 5. The number of hydrogen-bond donors (Lipinski definition) is 1. The number of nitrogens with zero attached hydrogens (tertiary/aromatic N) is 4. The third kappa shape index (κ3) is 7.79. The van der Waals surface area contributed by atoms with Gasteiger partial charge in [0, 0.05) is 17.7 Å². The minimum absolute atomic E-state index is 0.115. The Hall–Kier alpha value is -5.52. The number of methoxy groups -OCH3 is 1. The number of carbonyl (C=O) groups excluding carboxylic acids is 4. The highest BCUT2D eigenvalue weighted by molar-refractivity contribution is 7.91. The van der Waals surface area contributed by atoms with E-state index in [0.29, 0.717) is 23.4 Å². The molecule has 6 rings (SSSR count). The smallest absolute Gasteiger partial charge is 0.467 e. The number of unbranched alkanes of at least 4 members (excludes halogenated alkanes) is 2. The molecule has 2 aromatic heterocycles. The van der Waals surface area contributed by atoms with Crippen molar-refractivity contribution in [2.24, 2.45) is 4.99 Å². The molecule has 17 nitrogen and oxygen atoms in total. The number of esters is 2. The molecule has 5 heterocycles. The largest absolute Gasteiger partial charge is 0.509 e. The molecule has 0 saturated carbocycles. The highest BCUT2D eigenvalue weighted by atomic mass is 32.2. The standard InChI is InChI=1S/C38H45N5O12S/c1-7-9-10-14-42-21-39-25-12-11-13-26-29(25)31(42)22-18-43-28(30(22)40-26)17-24-23(32(43)44)19-53-34(46)38(24,8-2)55-36(48)52-15-16-56(49,50)20-27(33(45)51-6)41-35(47)54-37(3,4)5/h11-13,17,21,27H,7-10,14-16,18-20H2,1-6H3,(H,41,47)/t27-,38-/m0/s1. The number of amides is 1. The van der Waals surface area contributed by atoms with Gasteiger partial charge in [-0.1, -0.05) is 32.8 Å². The summed E-state index contributed by atoms with van der Waals surface area (Å²) >= 11 is 0. The Morgan fingerprint density at radius 2 is 1.88 bits per heavy atom. The molecule has 0 saturated heterocycles. The van der Waals surface area contributed by atoms with Gasteiger partial charge in [-0.05, 0) is 51.8 Å². The van der Waals surface area contributed by atoms with Gasteiger partial charge in [-0.25, -0.2) is 37.6 Å². The zero-order valence-electron chi connectivity index (χ0n) is 32.1. The molecule has 1 amide bonds. The van der Waals surface area contributed by atoms with Crippen LogP contribution >= 0.6 is 0 Å². The fourth-order valence-corrected chi connectivity index (χ4v) is 8.31. The average molecular weight is 796 g/mol. The highest BCUT2D eigenvalue weighted by Gasteiger charge is 2.51. The van der Waals surface area contributed by atoms with Crippen LogP contribution in [0.5, 0.6) is 0 Å². The Balaban J connectivity index is 1.25. The molecule has 1 N–H and O–H groups in total. The maximum atomic E-state index is 14.2. The Morgan fingerprint density at radius 1 is 1.11 bits per heavy atom. The van der Waals surface area contributed by atoms with Crippen molar-refractivity contribution in [2.75, 3.05) is 36.7 Å². The van der Waals surface area contributed by atoms with Crippen molar-refractivity contribution in [2.45, 2.75) is 90.7 Å². The van der Waals surface area contributed by atoms with E-state index in [1.807, 2.05) is 24.5 Å². The van der Waals surface area contributed by atoms with Gasteiger partial charge in [-0.3, -0.25) is 4.79 Å². The van der Waals surface area contributed by atoms with E-state index in [4.69, 9.17) is 23.9 Å². The minimum Gasteiger partial charge on any atom is -0.467 e. The van der Waals surface area contributed by atoms with Gasteiger partial charge in [0.05, 0.1) is 70.7 Å². The van der Waals surface area contributed by atoms with Gasteiger partial charge >= 0.3 is 24.2 Å². The van der Waals surface area contributed by atoms with Crippen molar-refractivity contribution in [1.82, 2.24) is 14.9 Å². The maximum Gasteiger partial charge on any atom is 0.509 e. The molecule has 0 aliphatic carbocycles. The number of ether oxygens (including phenoxy) is 5. The molecule has 2 atom stereocenters. The zero-order valence-corrected chi connectivity index (χ0v) is 32.9. The summed E-state index contributed by atoms with van der Waals surface area (Å²) in [5.74, 6) is -3.63. The molecule has 0 radical (unpaired) electrons. The number of cyclic esters (lactones) is 1. The summed E-state index contributed by atoms with van der Waals surface area (Å²) in [5.41, 5.74) is 0.918. The molecule has 3 aromatic rings. The van der Waals surface area contributed by atoms with Gasteiger partial charge in [-0.2, -0.15) is 0 Å². The Morgan fingerprint density at radius 3 is 2.57 bits per heavy atom. The number of carbonyl (C=O) groups is 4. The zero-order chi connectivity index (χ0) is 40.6. The maximum absolute atomic E-state index is 14.2. The van der Waals surface area contributed by atoms with Crippen molar-refractivity contribution >= 4 is 62.6 Å². The number of sulfone groups is 1. The molecule has 18 heteroatoms. The summed E-state index contributed by atoms with van der Waals surface area (Å²) in [6.07, 6.45) is 2.23. The molecule has 3 aliphatic rings. The number of hydrogen-bond acceptors (Lipinski definition) is 15. The third-order valence-corrected chi connectivity index (χ3v) is 11.4. The van der Waals surface area contributed by atoms with Crippen molar-refractivity contribution < 1.29 is 51.3 Å². The van der Waals surface area contributed by atoms with E-state index in [1.54, 1.807) is 38.3 Å². The van der Waals surface area contributed by atoms with Crippen molar-refractivity contribution in [3.05, 3.63) is 51.3 Å². The second-order valence-corrected chi connectivity index (χ2v) is 16.9. The Bertz CT molecular complexity index is 2300. The topological polar surface area (TPSA) is 211 Å². The van der Waals surface area contributed by atoms with E-state index < -0.39 is 74.9 Å². The van der Waals surface area contributed by atoms with Crippen LogP contribution < -0.4 is 15.8 Å². The quantitative estimate of drug-likeness (QED) is 0.113. The van der Waals surface area contributed by atoms with E-state index in [9.17, 15) is 32.4 Å². The van der Waals surface area contributed by atoms with Crippen molar-refractivity contribution in [3.8, 4) is 11.4 Å². The summed E-state index contributed by atoms with van der Waals surface area (Å²) in [6, 6.07) is 5.68. The van der Waals surface area contributed by atoms with Gasteiger partial charge < -0.3 is 38.5 Å². The fraction of sp³-hybridized carbons (Fsp3) is 0.500. The number of anilines is 1. The number of rotatable bonds is 13. The van der Waals surface area contributed by atoms with Crippen LogP contribution in [0.2, 0.25) is 0 Å². The fourth-order valence-electron chi connectivity index (χ4n) is 7.08. The van der Waals surface area contributed by atoms with Crippen LogP contribution in [0.4, 0.5) is 21.0 Å². The minimum atomic E-state index is -4.16. The van der Waals surface area contributed by atoms with E-state index in [0.717, 1.165) is 48.7 Å². The molecule has 3 aliphatic heterocycles. The molecule has 56 heavy (non-hydrogen) atoms. The van der Waals surface area contributed by atoms with Gasteiger partial charge in [-0.15, -0.1) is 0 Å². The first kappa shape index (κ1) is 40.2. The molecule has 0 bridgehead atoms. The predicted octanol–water partition coefficient (Wildman–Crippen LogP) is 4.39. The molecule has 300 valence electrons. The molecular formula is C38H45N5O12S. The Labute approximate surface area is 323 Å². The monoisotopic (exact) mass is 795 g/mol. The number of pyridine rings is 2. The van der Waals surface area contributed by atoms with Crippen molar-refractivity contribution in [1.29, 1.82) is 0 Å². The van der Waals surface area contributed by atoms with Crippen LogP contribution in [0, 0.1) is 0 Å². The number of benzene rings is 1. The predicted molar refractivity (Wildman–Crippen MR) is 204 cm³/mol. The Kier molecular flexibility index (Phi) is 11.1. The van der Waals surface area contributed by atoms with Gasteiger partial charge in [0.25, 0.3) is 5.56 Å². The third-order valence-electron chi connectivity index (χ3n) is 9.73. The number of aliphatic imine (C=N–C) groups is 1. The van der Waals surface area contributed by atoms with Gasteiger partial charge in [0.1, 0.15) is 24.9 Å². The summed E-state index contributed by atoms with van der Waals surface area (Å²) in [6.45, 7) is 8.30. The molecule has 0 spiro atoms. The highest BCUT2D eigenvalue weighted by Crippen LogP contribution is 2.47. The lowest BCUT2D eigenvalue weighted by atomic mass is 9.85. The summed E-state index contributed by atoms with van der Waals surface area (Å²) < 4.78 is 53.4. The summed E-state index contributed by atoms with van der Waals surface area (Å²) in [7, 11) is -3.14. The molecular weight excluding hydrogens is 751 g/mol.